The Bertz CT molecular complexity index is 428. The minimum Gasteiger partial charge on any atom is -0.496 e. The SMILES string of the molecule is COc1ccccc1C1CC(=O)C(C)(O)CN1. The lowest BCUT2D eigenvalue weighted by Crippen LogP contribution is -2.51. The van der Waals surface area contributed by atoms with Gasteiger partial charge < -0.3 is 15.2 Å². The van der Waals surface area contributed by atoms with E-state index < -0.39 is 5.60 Å². The lowest BCUT2D eigenvalue weighted by atomic mass is 9.87. The molecule has 1 aliphatic heterocycles. The summed E-state index contributed by atoms with van der Waals surface area (Å²) in [5, 5.41) is 13.0. The second kappa shape index (κ2) is 4.47. The number of carbonyl (C=O) groups is 1. The molecule has 2 N–H and O–H groups in total. The molecule has 1 aliphatic rings. The van der Waals surface area contributed by atoms with Crippen LogP contribution in [0.4, 0.5) is 0 Å². The van der Waals surface area contributed by atoms with Crippen molar-refractivity contribution in [2.45, 2.75) is 25.0 Å². The number of aliphatic hydroxyl groups is 1. The third kappa shape index (κ3) is 2.33. The van der Waals surface area contributed by atoms with Crippen molar-refractivity contribution in [1.82, 2.24) is 5.32 Å². The van der Waals surface area contributed by atoms with Crippen molar-refractivity contribution < 1.29 is 14.6 Å². The fraction of sp³-hybridized carbons (Fsp3) is 0.462. The van der Waals surface area contributed by atoms with Crippen LogP contribution in [0.2, 0.25) is 0 Å². The maximum absolute atomic E-state index is 11.8. The highest BCUT2D eigenvalue weighted by molar-refractivity contribution is 5.88. The quantitative estimate of drug-likeness (QED) is 0.804. The van der Waals surface area contributed by atoms with Gasteiger partial charge in [-0.2, -0.15) is 0 Å². The number of nitrogens with one attached hydrogen (secondary N) is 1. The Balaban J connectivity index is 2.22. The van der Waals surface area contributed by atoms with Crippen LogP contribution in [0.5, 0.6) is 5.75 Å². The predicted molar refractivity (Wildman–Crippen MR) is 64.0 cm³/mol. The summed E-state index contributed by atoms with van der Waals surface area (Å²) < 4.78 is 5.27. The van der Waals surface area contributed by atoms with Crippen LogP contribution in [0.1, 0.15) is 24.9 Å². The van der Waals surface area contributed by atoms with E-state index in [-0.39, 0.29) is 24.8 Å². The molecule has 92 valence electrons. The fourth-order valence-corrected chi connectivity index (χ4v) is 2.07. The molecule has 2 unspecified atom stereocenters. The number of benzene rings is 1. The molecule has 0 aliphatic carbocycles. The van der Waals surface area contributed by atoms with Crippen molar-refractivity contribution >= 4 is 5.78 Å². The number of piperidine rings is 1. The highest BCUT2D eigenvalue weighted by Crippen LogP contribution is 2.31. The lowest BCUT2D eigenvalue weighted by molar-refractivity contribution is -0.138. The van der Waals surface area contributed by atoms with E-state index in [2.05, 4.69) is 5.32 Å². The van der Waals surface area contributed by atoms with Crippen LogP contribution in [0, 0.1) is 0 Å². The molecular formula is C13H17NO3. The summed E-state index contributed by atoms with van der Waals surface area (Å²) in [6.45, 7) is 1.81. The van der Waals surface area contributed by atoms with Gasteiger partial charge in [0.2, 0.25) is 0 Å². The van der Waals surface area contributed by atoms with Gasteiger partial charge in [0.15, 0.2) is 5.78 Å². The third-order valence-corrected chi connectivity index (χ3v) is 3.20. The van der Waals surface area contributed by atoms with Gasteiger partial charge in [-0.25, -0.2) is 0 Å². The van der Waals surface area contributed by atoms with Gasteiger partial charge in [-0.1, -0.05) is 18.2 Å². The Morgan fingerprint density at radius 1 is 1.47 bits per heavy atom. The molecule has 0 spiro atoms. The normalized spacial score (nSPS) is 29.1. The van der Waals surface area contributed by atoms with E-state index in [0.717, 1.165) is 11.3 Å². The maximum Gasteiger partial charge on any atom is 0.167 e. The molecule has 1 aromatic carbocycles. The Kier molecular flexibility index (Phi) is 3.17. The zero-order valence-corrected chi connectivity index (χ0v) is 10.1. The van der Waals surface area contributed by atoms with Gasteiger partial charge in [-0.3, -0.25) is 4.79 Å². The Morgan fingerprint density at radius 3 is 2.82 bits per heavy atom. The Morgan fingerprint density at radius 2 is 2.18 bits per heavy atom. The fourth-order valence-electron chi connectivity index (χ4n) is 2.07. The van der Waals surface area contributed by atoms with Gasteiger partial charge in [-0.05, 0) is 13.0 Å². The number of methoxy groups -OCH3 is 1. The van der Waals surface area contributed by atoms with Gasteiger partial charge in [0.1, 0.15) is 11.4 Å². The molecule has 0 amide bonds. The molecule has 0 bridgehead atoms. The Hall–Kier alpha value is -1.39. The van der Waals surface area contributed by atoms with Gasteiger partial charge in [-0.15, -0.1) is 0 Å². The van der Waals surface area contributed by atoms with E-state index in [9.17, 15) is 9.90 Å². The number of β-amino-alcohol motifs (C(OH)–C–C–N with tert-alkyl or cyclic N) is 1. The zero-order valence-electron chi connectivity index (χ0n) is 10.1. The molecule has 2 atom stereocenters. The number of hydrogen-bond acceptors (Lipinski definition) is 4. The molecule has 1 aromatic rings. The summed E-state index contributed by atoms with van der Waals surface area (Å²) >= 11 is 0. The van der Waals surface area contributed by atoms with Crippen LogP contribution in [0.15, 0.2) is 24.3 Å². The van der Waals surface area contributed by atoms with Crippen LogP contribution in [-0.2, 0) is 4.79 Å². The first-order valence-electron chi connectivity index (χ1n) is 5.66. The molecule has 1 fully saturated rings. The summed E-state index contributed by atoms with van der Waals surface area (Å²) in [5.74, 6) is 0.631. The van der Waals surface area contributed by atoms with Crippen LogP contribution >= 0.6 is 0 Å². The third-order valence-electron chi connectivity index (χ3n) is 3.20. The summed E-state index contributed by atoms with van der Waals surface area (Å²) in [7, 11) is 1.61. The first-order chi connectivity index (χ1) is 8.04. The number of ether oxygens (including phenoxy) is 1. The van der Waals surface area contributed by atoms with Crippen LogP contribution in [-0.4, -0.2) is 30.1 Å². The van der Waals surface area contributed by atoms with E-state index in [4.69, 9.17) is 4.74 Å². The number of ketones is 1. The van der Waals surface area contributed by atoms with E-state index in [0.29, 0.717) is 0 Å². The van der Waals surface area contributed by atoms with Gasteiger partial charge in [0.05, 0.1) is 7.11 Å². The van der Waals surface area contributed by atoms with Gasteiger partial charge >= 0.3 is 0 Å². The van der Waals surface area contributed by atoms with Crippen LogP contribution < -0.4 is 10.1 Å². The minimum atomic E-state index is -1.25. The monoisotopic (exact) mass is 235 g/mol. The zero-order chi connectivity index (χ0) is 12.5. The molecule has 0 aromatic heterocycles. The first-order valence-corrected chi connectivity index (χ1v) is 5.66. The highest BCUT2D eigenvalue weighted by atomic mass is 16.5. The van der Waals surface area contributed by atoms with Crippen molar-refractivity contribution in [1.29, 1.82) is 0 Å². The van der Waals surface area contributed by atoms with Crippen molar-refractivity contribution in [2.75, 3.05) is 13.7 Å². The number of carbonyl (C=O) groups excluding carboxylic acids is 1. The van der Waals surface area contributed by atoms with Gasteiger partial charge in [0, 0.05) is 24.6 Å². The number of rotatable bonds is 2. The molecule has 2 rings (SSSR count). The Labute approximate surface area is 101 Å². The smallest absolute Gasteiger partial charge is 0.167 e. The minimum absolute atomic E-state index is 0.0844. The van der Waals surface area contributed by atoms with Crippen molar-refractivity contribution in [3.63, 3.8) is 0 Å². The highest BCUT2D eigenvalue weighted by Gasteiger charge is 2.37. The number of Topliss-reactive ketones (excluding diaryl/α,β-unsaturated/α-hetero) is 1. The van der Waals surface area contributed by atoms with Gasteiger partial charge in [0.25, 0.3) is 0 Å². The van der Waals surface area contributed by atoms with Crippen molar-refractivity contribution in [3.05, 3.63) is 29.8 Å². The van der Waals surface area contributed by atoms with E-state index >= 15 is 0 Å². The number of hydrogen-bond donors (Lipinski definition) is 2. The van der Waals surface area contributed by atoms with E-state index in [1.807, 2.05) is 24.3 Å². The summed E-state index contributed by atoms with van der Waals surface area (Å²) in [5.41, 5.74) is -0.294. The van der Waals surface area contributed by atoms with E-state index in [1.54, 1.807) is 14.0 Å². The molecule has 1 saturated heterocycles. The van der Waals surface area contributed by atoms with Crippen molar-refractivity contribution in [2.24, 2.45) is 0 Å². The van der Waals surface area contributed by atoms with Crippen LogP contribution in [0.25, 0.3) is 0 Å². The molecule has 0 saturated carbocycles. The topological polar surface area (TPSA) is 58.6 Å². The number of para-hydroxylation sites is 1. The molecular weight excluding hydrogens is 218 g/mol. The second-order valence-electron chi connectivity index (χ2n) is 4.58. The summed E-state index contributed by atoms with van der Waals surface area (Å²) in [6.07, 6.45) is 0.285. The summed E-state index contributed by atoms with van der Waals surface area (Å²) in [4.78, 5) is 11.8. The largest absolute Gasteiger partial charge is 0.496 e. The van der Waals surface area contributed by atoms with E-state index in [1.165, 1.54) is 0 Å². The molecule has 1 heterocycles. The standard InChI is InChI=1S/C13H17NO3/c1-13(16)8-14-10(7-12(13)15)9-5-3-4-6-11(9)17-2/h3-6,10,14,16H,7-8H2,1-2H3. The molecule has 0 radical (unpaired) electrons. The average Bonchev–Trinajstić information content (AvgIpc) is 2.33. The lowest BCUT2D eigenvalue weighted by Gasteiger charge is -2.33. The maximum atomic E-state index is 11.8. The summed E-state index contributed by atoms with van der Waals surface area (Å²) in [6, 6.07) is 7.52. The van der Waals surface area contributed by atoms with Crippen molar-refractivity contribution in [3.8, 4) is 5.75 Å². The average molecular weight is 235 g/mol. The van der Waals surface area contributed by atoms with Crippen LogP contribution in [0.3, 0.4) is 0 Å². The molecule has 4 heteroatoms. The molecule has 4 nitrogen and oxygen atoms in total. The second-order valence-corrected chi connectivity index (χ2v) is 4.58. The molecule has 17 heavy (non-hydrogen) atoms. The predicted octanol–water partition coefficient (Wildman–Crippen LogP) is 1.05. The first kappa shape index (κ1) is 12.1.